The number of aryl methyl sites for hydroxylation is 1. The number of carbonyl (C=O) groups excluding carboxylic acids is 1. The zero-order chi connectivity index (χ0) is 25.3. The molecule has 4 aromatic rings. The first-order valence-electron chi connectivity index (χ1n) is 10.0. The van der Waals surface area contributed by atoms with Crippen LogP contribution in [-0.4, -0.2) is 25.0 Å². The number of hydrogen-bond donors (Lipinski definition) is 0. The lowest BCUT2D eigenvalue weighted by molar-refractivity contribution is -0.394. The van der Waals surface area contributed by atoms with Gasteiger partial charge in [-0.1, -0.05) is 30.3 Å². The number of nitrogens with zero attached hydrogens (tertiary/aromatic N) is 4. The van der Waals surface area contributed by atoms with Crippen LogP contribution in [-0.2, 0) is 24.9 Å². The second-order valence-electron chi connectivity index (χ2n) is 7.50. The van der Waals surface area contributed by atoms with Crippen LogP contribution in [0.4, 0.5) is 11.4 Å². The maximum Gasteiger partial charge on any atom is 0.348 e. The van der Waals surface area contributed by atoms with E-state index in [9.17, 15) is 34.6 Å². The monoisotopic (exact) mass is 496 g/mol. The molecule has 178 valence electrons. The van der Waals surface area contributed by atoms with Gasteiger partial charge in [0, 0.05) is 19.2 Å². The first kappa shape index (κ1) is 23.5. The molecule has 0 fully saturated rings. The van der Waals surface area contributed by atoms with E-state index < -0.39 is 45.0 Å². The van der Waals surface area contributed by atoms with Gasteiger partial charge in [-0.05, 0) is 17.2 Å². The predicted octanol–water partition coefficient (Wildman–Crippen LogP) is 2.98. The third-order valence-electron chi connectivity index (χ3n) is 5.15. The van der Waals surface area contributed by atoms with E-state index in [2.05, 4.69) is 0 Å². The van der Waals surface area contributed by atoms with Gasteiger partial charge in [-0.3, -0.25) is 34.2 Å². The van der Waals surface area contributed by atoms with E-state index in [1.165, 1.54) is 17.7 Å². The lowest BCUT2D eigenvalue weighted by atomic mass is 10.1. The molecule has 0 aliphatic heterocycles. The van der Waals surface area contributed by atoms with Crippen LogP contribution >= 0.6 is 11.3 Å². The quantitative estimate of drug-likeness (QED) is 0.215. The second-order valence-corrected chi connectivity index (χ2v) is 8.53. The smallest absolute Gasteiger partial charge is 0.348 e. The van der Waals surface area contributed by atoms with E-state index in [0.29, 0.717) is 0 Å². The van der Waals surface area contributed by atoms with Crippen LogP contribution in [0.25, 0.3) is 10.2 Å². The third kappa shape index (κ3) is 4.70. The molecule has 0 atom stereocenters. The van der Waals surface area contributed by atoms with Crippen LogP contribution in [0.3, 0.4) is 0 Å². The van der Waals surface area contributed by atoms with Crippen molar-refractivity contribution in [2.75, 3.05) is 0 Å². The van der Waals surface area contributed by atoms with E-state index in [-0.39, 0.29) is 27.3 Å². The Balaban J connectivity index is 1.71. The van der Waals surface area contributed by atoms with Crippen LogP contribution in [0.2, 0.25) is 0 Å². The molecule has 0 bridgehead atoms. The Labute approximate surface area is 199 Å². The molecule has 0 unspecified atom stereocenters. The Morgan fingerprint density at radius 2 is 1.60 bits per heavy atom. The van der Waals surface area contributed by atoms with E-state index in [4.69, 9.17) is 4.74 Å². The summed E-state index contributed by atoms with van der Waals surface area (Å²) >= 11 is 0.920. The minimum absolute atomic E-state index is 0.0298. The lowest BCUT2D eigenvalue weighted by Gasteiger charge is -2.08. The number of nitro benzene ring substituents is 2. The van der Waals surface area contributed by atoms with Crippen molar-refractivity contribution < 1.29 is 19.4 Å². The highest BCUT2D eigenvalue weighted by atomic mass is 32.1. The first-order valence-corrected chi connectivity index (χ1v) is 10.8. The van der Waals surface area contributed by atoms with Crippen molar-refractivity contribution in [3.63, 3.8) is 0 Å². The van der Waals surface area contributed by atoms with Crippen LogP contribution in [0.15, 0.2) is 64.2 Å². The van der Waals surface area contributed by atoms with Gasteiger partial charge >= 0.3 is 11.7 Å². The van der Waals surface area contributed by atoms with Crippen molar-refractivity contribution in [2.45, 2.75) is 13.2 Å². The summed E-state index contributed by atoms with van der Waals surface area (Å²) in [6.07, 6.45) is 0. The van der Waals surface area contributed by atoms with Crippen molar-refractivity contribution in [1.82, 2.24) is 9.13 Å². The highest BCUT2D eigenvalue weighted by Crippen LogP contribution is 2.25. The standard InChI is InChI=1S/C22H16N4O8S/c1-23-20-17(10-18(35-20)21(28)34-12-13-5-3-2-4-6-13)19(27)24(22(23)29)11-14-7-15(25(30)31)9-16(8-14)26(32)33/h2-10H,11-12H2,1H3. The predicted molar refractivity (Wildman–Crippen MR) is 126 cm³/mol. The molecule has 0 amide bonds. The van der Waals surface area contributed by atoms with Crippen molar-refractivity contribution in [1.29, 1.82) is 0 Å². The fourth-order valence-electron chi connectivity index (χ4n) is 3.46. The SMILES string of the molecule is Cn1c(=O)n(Cc2cc([N+](=O)[O-])cc([N+](=O)[O-])c2)c(=O)c2cc(C(=O)OCc3ccccc3)sc21. The van der Waals surface area contributed by atoms with Crippen molar-refractivity contribution in [2.24, 2.45) is 7.05 Å². The summed E-state index contributed by atoms with van der Waals surface area (Å²) in [4.78, 5) is 59.6. The van der Waals surface area contributed by atoms with Crippen molar-refractivity contribution >= 4 is 38.9 Å². The van der Waals surface area contributed by atoms with Gasteiger partial charge in [-0.2, -0.15) is 0 Å². The zero-order valence-electron chi connectivity index (χ0n) is 18.1. The summed E-state index contributed by atoms with van der Waals surface area (Å²) < 4.78 is 7.27. The molecular weight excluding hydrogens is 480 g/mol. The number of ether oxygens (including phenoxy) is 1. The first-order chi connectivity index (χ1) is 16.7. The number of aromatic nitrogens is 2. The highest BCUT2D eigenvalue weighted by molar-refractivity contribution is 7.20. The number of fused-ring (bicyclic) bond motifs is 1. The Kier molecular flexibility index (Phi) is 6.25. The number of esters is 1. The van der Waals surface area contributed by atoms with Crippen LogP contribution in [0.5, 0.6) is 0 Å². The topological polar surface area (TPSA) is 157 Å². The maximum atomic E-state index is 13.1. The van der Waals surface area contributed by atoms with Crippen molar-refractivity contribution in [3.05, 3.63) is 112 Å². The molecular formula is C22H16N4O8S. The molecule has 4 rings (SSSR count). The summed E-state index contributed by atoms with van der Waals surface area (Å²) in [6, 6.07) is 13.2. The molecule has 0 aliphatic rings. The summed E-state index contributed by atoms with van der Waals surface area (Å²) in [5.41, 5.74) is -1.76. The Morgan fingerprint density at radius 1 is 0.971 bits per heavy atom. The van der Waals surface area contributed by atoms with Crippen molar-refractivity contribution in [3.8, 4) is 0 Å². The van der Waals surface area contributed by atoms with E-state index in [1.54, 1.807) is 24.3 Å². The number of thiophene rings is 1. The largest absolute Gasteiger partial charge is 0.457 e. The number of non-ortho nitro benzene ring substituents is 2. The second kappa shape index (κ2) is 9.30. The molecule has 2 heterocycles. The summed E-state index contributed by atoms with van der Waals surface area (Å²) in [6.45, 7) is -0.406. The van der Waals surface area contributed by atoms with Gasteiger partial charge in [0.05, 0.1) is 27.8 Å². The molecule has 0 radical (unpaired) electrons. The average Bonchev–Trinajstić information content (AvgIpc) is 3.30. The Morgan fingerprint density at radius 3 is 2.20 bits per heavy atom. The molecule has 0 aliphatic carbocycles. The van der Waals surface area contributed by atoms with Crippen LogP contribution in [0.1, 0.15) is 20.8 Å². The molecule has 13 heteroatoms. The number of nitro groups is 2. The van der Waals surface area contributed by atoms with Gasteiger partial charge in [0.1, 0.15) is 16.3 Å². The van der Waals surface area contributed by atoms with Gasteiger partial charge in [0.2, 0.25) is 0 Å². The maximum absolute atomic E-state index is 13.1. The van der Waals surface area contributed by atoms with Gasteiger partial charge < -0.3 is 4.74 Å². The molecule has 0 saturated heterocycles. The molecule has 0 saturated carbocycles. The minimum atomic E-state index is -0.799. The molecule has 12 nitrogen and oxygen atoms in total. The van der Waals surface area contributed by atoms with E-state index >= 15 is 0 Å². The number of hydrogen-bond acceptors (Lipinski definition) is 9. The molecule has 0 N–H and O–H groups in total. The molecule has 2 aromatic carbocycles. The number of rotatable bonds is 7. The van der Waals surface area contributed by atoms with Gasteiger partial charge in [0.25, 0.3) is 16.9 Å². The average molecular weight is 496 g/mol. The summed E-state index contributed by atoms with van der Waals surface area (Å²) in [5, 5.41) is 22.4. The minimum Gasteiger partial charge on any atom is -0.457 e. The van der Waals surface area contributed by atoms with Crippen LogP contribution in [0, 0.1) is 20.2 Å². The van der Waals surface area contributed by atoms with Gasteiger partial charge in [0.15, 0.2) is 0 Å². The van der Waals surface area contributed by atoms with E-state index in [0.717, 1.165) is 39.7 Å². The fraction of sp³-hybridized carbons (Fsp3) is 0.136. The highest BCUT2D eigenvalue weighted by Gasteiger charge is 2.21. The van der Waals surface area contributed by atoms with Crippen LogP contribution < -0.4 is 11.2 Å². The lowest BCUT2D eigenvalue weighted by Crippen LogP contribution is -2.38. The molecule has 0 spiro atoms. The third-order valence-corrected chi connectivity index (χ3v) is 6.34. The number of benzene rings is 2. The van der Waals surface area contributed by atoms with E-state index in [1.807, 2.05) is 6.07 Å². The van der Waals surface area contributed by atoms with Gasteiger partial charge in [-0.25, -0.2) is 9.59 Å². The van der Waals surface area contributed by atoms with Gasteiger partial charge in [-0.15, -0.1) is 11.3 Å². The fourth-order valence-corrected chi connectivity index (χ4v) is 4.46. The Bertz CT molecular complexity index is 1570. The Hall–Kier alpha value is -4.65. The molecule has 35 heavy (non-hydrogen) atoms. The summed E-state index contributed by atoms with van der Waals surface area (Å²) in [5.74, 6) is -0.664. The molecule has 2 aromatic heterocycles. The zero-order valence-corrected chi connectivity index (χ0v) is 18.9. The number of carbonyl (C=O) groups is 1. The normalized spacial score (nSPS) is 10.9. The summed E-state index contributed by atoms with van der Waals surface area (Å²) in [7, 11) is 1.41.